The number of nitrogens with one attached hydrogen (secondary N) is 1. The third-order valence-corrected chi connectivity index (χ3v) is 4.31. The van der Waals surface area contributed by atoms with Gasteiger partial charge in [0.25, 0.3) is 0 Å². The van der Waals surface area contributed by atoms with E-state index in [2.05, 4.69) is 10.4 Å². The van der Waals surface area contributed by atoms with Gasteiger partial charge in [0.15, 0.2) is 0 Å². The molecule has 0 aliphatic carbocycles. The number of carbonyl (C=O) groups excluding carboxylic acids is 1. The molecule has 0 aliphatic heterocycles. The van der Waals surface area contributed by atoms with Crippen molar-refractivity contribution in [2.45, 2.75) is 13.2 Å². The highest BCUT2D eigenvalue weighted by atomic mass is 16.5. The Morgan fingerprint density at radius 3 is 2.62 bits per heavy atom. The predicted molar refractivity (Wildman–Crippen MR) is 117 cm³/mol. The van der Waals surface area contributed by atoms with Gasteiger partial charge in [0.2, 0.25) is 5.91 Å². The zero-order valence-electron chi connectivity index (χ0n) is 16.8. The first kappa shape index (κ1) is 20.4. The normalized spacial score (nSPS) is 11.0. The van der Waals surface area contributed by atoms with Gasteiger partial charge in [-0.15, -0.1) is 0 Å². The Balaban J connectivity index is 1.42. The van der Waals surface area contributed by atoms with Crippen LogP contribution in [0.5, 0.6) is 0 Å². The van der Waals surface area contributed by atoms with E-state index < -0.39 is 0 Å². The van der Waals surface area contributed by atoms with Crippen molar-refractivity contribution in [2.75, 3.05) is 30.9 Å². The van der Waals surface area contributed by atoms with Gasteiger partial charge in [-0.3, -0.25) is 9.48 Å². The maximum absolute atomic E-state index is 12.1. The van der Waals surface area contributed by atoms with Gasteiger partial charge in [-0.25, -0.2) is 0 Å². The van der Waals surface area contributed by atoms with E-state index in [4.69, 9.17) is 4.74 Å². The van der Waals surface area contributed by atoms with Crippen molar-refractivity contribution in [2.24, 2.45) is 0 Å². The van der Waals surface area contributed by atoms with Gasteiger partial charge in [0, 0.05) is 32.1 Å². The van der Waals surface area contributed by atoms with E-state index in [0.717, 1.165) is 16.8 Å². The zero-order chi connectivity index (χ0) is 20.5. The van der Waals surface area contributed by atoms with Gasteiger partial charge in [-0.1, -0.05) is 42.5 Å². The van der Waals surface area contributed by atoms with Gasteiger partial charge in [-0.05, 0) is 29.3 Å². The van der Waals surface area contributed by atoms with Crippen LogP contribution in [0.4, 0.5) is 11.4 Å². The monoisotopic (exact) mass is 390 g/mol. The van der Waals surface area contributed by atoms with E-state index >= 15 is 0 Å². The largest absolute Gasteiger partial charge is 0.378 e. The second kappa shape index (κ2) is 10.2. The fourth-order valence-electron chi connectivity index (χ4n) is 2.71. The molecule has 6 nitrogen and oxygen atoms in total. The minimum atomic E-state index is -0.193. The van der Waals surface area contributed by atoms with Crippen LogP contribution in [0.2, 0.25) is 0 Å². The molecule has 150 valence electrons. The van der Waals surface area contributed by atoms with Gasteiger partial charge in [0.1, 0.15) is 0 Å². The number of ether oxygens (including phenoxy) is 1. The van der Waals surface area contributed by atoms with Crippen LogP contribution in [0.15, 0.2) is 73.1 Å². The summed E-state index contributed by atoms with van der Waals surface area (Å²) in [5, 5.41) is 7.07. The lowest BCUT2D eigenvalue weighted by Gasteiger charge is -2.11. The Morgan fingerprint density at radius 2 is 1.90 bits per heavy atom. The quantitative estimate of drug-likeness (QED) is 0.446. The maximum Gasteiger partial charge on any atom is 0.248 e. The number of carbonyl (C=O) groups is 1. The first-order chi connectivity index (χ1) is 14.1. The molecule has 2 aromatic carbocycles. The van der Waals surface area contributed by atoms with Crippen molar-refractivity contribution < 1.29 is 9.53 Å². The highest BCUT2D eigenvalue weighted by Gasteiger charge is 2.02. The molecule has 29 heavy (non-hydrogen) atoms. The first-order valence-electron chi connectivity index (χ1n) is 9.51. The van der Waals surface area contributed by atoms with Crippen LogP contribution in [0, 0.1) is 0 Å². The number of anilines is 2. The predicted octanol–water partition coefficient (Wildman–Crippen LogP) is 3.82. The molecule has 3 rings (SSSR count). The molecule has 0 saturated heterocycles. The summed E-state index contributed by atoms with van der Waals surface area (Å²) in [4.78, 5) is 14.2. The van der Waals surface area contributed by atoms with E-state index in [1.165, 1.54) is 6.08 Å². The number of amides is 1. The highest BCUT2D eigenvalue weighted by molar-refractivity contribution is 6.01. The van der Waals surface area contributed by atoms with Crippen LogP contribution >= 0.6 is 0 Å². The first-order valence-corrected chi connectivity index (χ1v) is 9.51. The van der Waals surface area contributed by atoms with Gasteiger partial charge < -0.3 is 15.0 Å². The summed E-state index contributed by atoms with van der Waals surface area (Å²) in [5.41, 5.74) is 3.89. The minimum absolute atomic E-state index is 0.193. The van der Waals surface area contributed by atoms with E-state index in [0.29, 0.717) is 25.4 Å². The zero-order valence-corrected chi connectivity index (χ0v) is 16.8. The number of hydrogen-bond acceptors (Lipinski definition) is 4. The molecule has 6 heteroatoms. The van der Waals surface area contributed by atoms with E-state index in [-0.39, 0.29) is 5.91 Å². The number of aromatic nitrogens is 2. The lowest BCUT2D eigenvalue weighted by Crippen LogP contribution is -2.08. The van der Waals surface area contributed by atoms with Crippen LogP contribution in [0.3, 0.4) is 0 Å². The Morgan fingerprint density at radius 1 is 1.14 bits per heavy atom. The smallest absolute Gasteiger partial charge is 0.248 e. The summed E-state index contributed by atoms with van der Waals surface area (Å²) in [6.07, 6.45) is 6.74. The van der Waals surface area contributed by atoms with Crippen molar-refractivity contribution in [1.29, 1.82) is 0 Å². The van der Waals surface area contributed by atoms with Crippen molar-refractivity contribution in [3.63, 3.8) is 0 Å². The molecule has 1 amide bonds. The maximum atomic E-state index is 12.1. The fraction of sp³-hybridized carbons (Fsp3) is 0.217. The van der Waals surface area contributed by atoms with E-state index in [1.807, 2.05) is 73.6 Å². The van der Waals surface area contributed by atoms with E-state index in [9.17, 15) is 4.79 Å². The molecular formula is C23H26N4O2. The molecule has 0 spiro atoms. The standard InChI is InChI=1S/C23H26N4O2/c1-26(2)22-11-8-19(9-12-22)10-13-23(28)25-21-16-24-27(17-21)14-15-29-18-20-6-4-3-5-7-20/h3-13,16-17H,14-15,18H2,1-2H3,(H,25,28). The van der Waals surface area contributed by atoms with Gasteiger partial charge in [0.05, 0.1) is 31.6 Å². The Bertz CT molecular complexity index is 931. The highest BCUT2D eigenvalue weighted by Crippen LogP contribution is 2.13. The Labute approximate surface area is 171 Å². The van der Waals surface area contributed by atoms with Crippen LogP contribution in [0.25, 0.3) is 6.08 Å². The summed E-state index contributed by atoms with van der Waals surface area (Å²) in [6.45, 7) is 1.75. The molecule has 1 N–H and O–H groups in total. The average molecular weight is 390 g/mol. The molecule has 0 fully saturated rings. The Kier molecular flexibility index (Phi) is 7.19. The molecule has 0 aliphatic rings. The number of nitrogens with zero attached hydrogens (tertiary/aromatic N) is 3. The number of benzene rings is 2. The molecule has 0 atom stereocenters. The fourth-order valence-corrected chi connectivity index (χ4v) is 2.71. The van der Waals surface area contributed by atoms with Crippen LogP contribution < -0.4 is 10.2 Å². The van der Waals surface area contributed by atoms with Gasteiger partial charge in [-0.2, -0.15) is 5.10 Å². The molecular weight excluding hydrogens is 364 g/mol. The van der Waals surface area contributed by atoms with E-state index in [1.54, 1.807) is 23.2 Å². The second-order valence-corrected chi connectivity index (χ2v) is 6.84. The summed E-state index contributed by atoms with van der Waals surface area (Å²) < 4.78 is 7.42. The number of hydrogen-bond donors (Lipinski definition) is 1. The average Bonchev–Trinajstić information content (AvgIpc) is 3.18. The minimum Gasteiger partial charge on any atom is -0.378 e. The van der Waals surface area contributed by atoms with Crippen molar-refractivity contribution >= 4 is 23.4 Å². The molecule has 1 heterocycles. The third kappa shape index (κ3) is 6.62. The van der Waals surface area contributed by atoms with Crippen LogP contribution in [0.1, 0.15) is 11.1 Å². The Hall–Kier alpha value is -3.38. The topological polar surface area (TPSA) is 59.4 Å². The number of rotatable bonds is 9. The van der Waals surface area contributed by atoms with Crippen molar-refractivity contribution in [3.05, 3.63) is 84.2 Å². The summed E-state index contributed by atoms with van der Waals surface area (Å²) in [5.74, 6) is -0.193. The third-order valence-electron chi connectivity index (χ3n) is 4.31. The molecule has 3 aromatic rings. The molecule has 0 radical (unpaired) electrons. The van der Waals surface area contributed by atoms with Crippen LogP contribution in [-0.4, -0.2) is 36.4 Å². The molecule has 0 unspecified atom stereocenters. The van der Waals surface area contributed by atoms with Crippen molar-refractivity contribution in [1.82, 2.24) is 9.78 Å². The summed E-state index contributed by atoms with van der Waals surface area (Å²) in [7, 11) is 3.99. The lowest BCUT2D eigenvalue weighted by atomic mass is 10.2. The summed E-state index contributed by atoms with van der Waals surface area (Å²) in [6, 6.07) is 18.0. The lowest BCUT2D eigenvalue weighted by molar-refractivity contribution is -0.111. The molecule has 1 aromatic heterocycles. The van der Waals surface area contributed by atoms with Crippen LogP contribution in [-0.2, 0) is 22.7 Å². The molecule has 0 bridgehead atoms. The van der Waals surface area contributed by atoms with Crippen molar-refractivity contribution in [3.8, 4) is 0 Å². The summed E-state index contributed by atoms with van der Waals surface area (Å²) >= 11 is 0. The van der Waals surface area contributed by atoms with Gasteiger partial charge >= 0.3 is 0 Å². The second-order valence-electron chi connectivity index (χ2n) is 6.84. The SMILES string of the molecule is CN(C)c1ccc(C=CC(=O)Nc2cnn(CCOCc3ccccc3)c2)cc1. The molecule has 0 saturated carbocycles.